The fourth-order valence-corrected chi connectivity index (χ4v) is 4.17. The molecule has 1 aliphatic heterocycles. The molecule has 2 fully saturated rings. The Balaban J connectivity index is 1.32. The highest BCUT2D eigenvalue weighted by Crippen LogP contribution is 2.24. The van der Waals surface area contributed by atoms with E-state index in [9.17, 15) is 4.79 Å². The largest absolute Gasteiger partial charge is 0.352 e. The van der Waals surface area contributed by atoms with Crippen LogP contribution in [-0.4, -0.2) is 50.3 Å². The number of carbonyl (C=O) groups is 1. The molecule has 1 aromatic heterocycles. The van der Waals surface area contributed by atoms with E-state index in [1.807, 2.05) is 11.8 Å². The second-order valence-electron chi connectivity index (χ2n) is 6.17. The van der Waals surface area contributed by atoms with Crippen molar-refractivity contribution in [1.29, 1.82) is 0 Å². The number of aromatic nitrogens is 3. The van der Waals surface area contributed by atoms with E-state index >= 15 is 0 Å². The number of hydrogen-bond acceptors (Lipinski definition) is 5. The van der Waals surface area contributed by atoms with Gasteiger partial charge in [-0.05, 0) is 43.6 Å². The van der Waals surface area contributed by atoms with Crippen molar-refractivity contribution in [2.45, 2.75) is 63.2 Å². The molecule has 22 heavy (non-hydrogen) atoms. The van der Waals surface area contributed by atoms with Gasteiger partial charge in [0.15, 0.2) is 0 Å². The molecular weight excluding hydrogens is 298 g/mol. The predicted molar refractivity (Wildman–Crippen MR) is 87.7 cm³/mol. The fraction of sp³-hybridized carbons (Fsp3) is 0.800. The van der Waals surface area contributed by atoms with Crippen LogP contribution >= 0.6 is 11.8 Å². The van der Waals surface area contributed by atoms with Gasteiger partial charge in [-0.3, -0.25) is 9.48 Å². The lowest BCUT2D eigenvalue weighted by Crippen LogP contribution is -2.59. The SMILES string of the molecule is O=C(CCCn1cncn1)N[C@H]1CC[C@H]1NC1CCSCC1. The Morgan fingerprint density at radius 2 is 2.05 bits per heavy atom. The molecule has 0 bridgehead atoms. The van der Waals surface area contributed by atoms with Crippen LogP contribution in [-0.2, 0) is 11.3 Å². The van der Waals surface area contributed by atoms with Crippen molar-refractivity contribution >= 4 is 17.7 Å². The van der Waals surface area contributed by atoms with Crippen LogP contribution in [0.4, 0.5) is 0 Å². The average Bonchev–Trinajstić information content (AvgIpc) is 3.04. The number of amides is 1. The zero-order valence-corrected chi connectivity index (χ0v) is 13.7. The Kier molecular flexibility index (Phi) is 5.72. The van der Waals surface area contributed by atoms with Crippen LogP contribution in [0, 0.1) is 0 Å². The monoisotopic (exact) mass is 323 g/mol. The summed E-state index contributed by atoms with van der Waals surface area (Å²) >= 11 is 2.05. The minimum Gasteiger partial charge on any atom is -0.352 e. The molecule has 0 radical (unpaired) electrons. The maximum absolute atomic E-state index is 12.0. The van der Waals surface area contributed by atoms with Gasteiger partial charge in [0.2, 0.25) is 5.91 Å². The first-order chi connectivity index (χ1) is 10.8. The van der Waals surface area contributed by atoms with Gasteiger partial charge in [0, 0.05) is 31.1 Å². The number of nitrogens with zero attached hydrogens (tertiary/aromatic N) is 3. The summed E-state index contributed by atoms with van der Waals surface area (Å²) in [5.74, 6) is 2.70. The lowest BCUT2D eigenvalue weighted by Gasteiger charge is -2.41. The van der Waals surface area contributed by atoms with E-state index in [4.69, 9.17) is 0 Å². The average molecular weight is 323 g/mol. The number of thioether (sulfide) groups is 1. The molecule has 7 heteroatoms. The summed E-state index contributed by atoms with van der Waals surface area (Å²) in [5, 5.41) is 11.0. The van der Waals surface area contributed by atoms with Gasteiger partial charge in [0.25, 0.3) is 0 Å². The Morgan fingerprint density at radius 3 is 2.73 bits per heavy atom. The summed E-state index contributed by atoms with van der Waals surface area (Å²) in [6.07, 6.45) is 9.39. The highest BCUT2D eigenvalue weighted by molar-refractivity contribution is 7.99. The number of carbonyl (C=O) groups excluding carboxylic acids is 1. The molecule has 0 aromatic carbocycles. The van der Waals surface area contributed by atoms with Crippen LogP contribution in [0.5, 0.6) is 0 Å². The Bertz CT molecular complexity index is 461. The number of nitrogens with one attached hydrogen (secondary N) is 2. The van der Waals surface area contributed by atoms with Crippen LogP contribution in [0.25, 0.3) is 0 Å². The first-order valence-corrected chi connectivity index (χ1v) is 9.42. The lowest BCUT2D eigenvalue weighted by atomic mass is 9.85. The summed E-state index contributed by atoms with van der Waals surface area (Å²) in [7, 11) is 0. The van der Waals surface area contributed by atoms with Gasteiger partial charge in [-0.1, -0.05) is 0 Å². The Morgan fingerprint density at radius 1 is 1.23 bits per heavy atom. The number of hydrogen-bond donors (Lipinski definition) is 2. The third-order valence-electron chi connectivity index (χ3n) is 4.55. The smallest absolute Gasteiger partial charge is 0.220 e. The van der Waals surface area contributed by atoms with E-state index in [-0.39, 0.29) is 5.91 Å². The van der Waals surface area contributed by atoms with Crippen LogP contribution in [0.15, 0.2) is 12.7 Å². The predicted octanol–water partition coefficient (Wildman–Crippen LogP) is 1.19. The molecule has 2 aliphatic rings. The summed E-state index contributed by atoms with van der Waals surface area (Å²) in [4.78, 5) is 15.9. The van der Waals surface area contributed by atoms with Crippen LogP contribution in [0.1, 0.15) is 38.5 Å². The topological polar surface area (TPSA) is 71.8 Å². The van der Waals surface area contributed by atoms with Crippen molar-refractivity contribution in [2.75, 3.05) is 11.5 Å². The van der Waals surface area contributed by atoms with Gasteiger partial charge in [0.1, 0.15) is 12.7 Å². The first kappa shape index (κ1) is 15.8. The van der Waals surface area contributed by atoms with E-state index in [0.717, 1.165) is 19.4 Å². The minimum absolute atomic E-state index is 0.163. The second-order valence-corrected chi connectivity index (χ2v) is 7.40. The van der Waals surface area contributed by atoms with Crippen LogP contribution in [0.2, 0.25) is 0 Å². The van der Waals surface area contributed by atoms with Crippen molar-refractivity contribution in [2.24, 2.45) is 0 Å². The Hall–Kier alpha value is -1.08. The summed E-state index contributed by atoms with van der Waals surface area (Å²) < 4.78 is 1.77. The van der Waals surface area contributed by atoms with Gasteiger partial charge in [-0.25, -0.2) is 4.98 Å². The molecule has 3 rings (SSSR count). The highest BCUT2D eigenvalue weighted by atomic mass is 32.2. The Labute approximate surface area is 135 Å². The summed E-state index contributed by atoms with van der Waals surface area (Å²) in [5.41, 5.74) is 0. The van der Waals surface area contributed by atoms with Crippen LogP contribution in [0.3, 0.4) is 0 Å². The van der Waals surface area contributed by atoms with Gasteiger partial charge >= 0.3 is 0 Å². The quantitative estimate of drug-likeness (QED) is 0.789. The van der Waals surface area contributed by atoms with Crippen molar-refractivity contribution in [3.63, 3.8) is 0 Å². The van der Waals surface area contributed by atoms with E-state index in [0.29, 0.717) is 24.5 Å². The van der Waals surface area contributed by atoms with Crippen molar-refractivity contribution in [3.05, 3.63) is 12.7 Å². The number of aryl methyl sites for hydroxylation is 1. The summed E-state index contributed by atoms with van der Waals surface area (Å²) in [6.45, 7) is 0.750. The van der Waals surface area contributed by atoms with E-state index in [1.165, 1.54) is 37.1 Å². The molecule has 1 saturated heterocycles. The third kappa shape index (κ3) is 4.46. The van der Waals surface area contributed by atoms with E-state index in [1.54, 1.807) is 11.0 Å². The maximum atomic E-state index is 12.0. The molecule has 0 unspecified atom stereocenters. The molecule has 0 spiro atoms. The molecule has 1 aliphatic carbocycles. The standard InChI is InChI=1S/C15H25N5OS/c21-15(2-1-7-20-11-16-10-17-20)19-14-4-3-13(14)18-12-5-8-22-9-6-12/h10-14,18H,1-9H2,(H,19,21)/t13-,14+/m1/s1. The van der Waals surface area contributed by atoms with Gasteiger partial charge < -0.3 is 10.6 Å². The lowest BCUT2D eigenvalue weighted by molar-refractivity contribution is -0.122. The zero-order chi connectivity index (χ0) is 15.2. The molecule has 1 saturated carbocycles. The minimum atomic E-state index is 0.163. The van der Waals surface area contributed by atoms with Crippen molar-refractivity contribution in [3.8, 4) is 0 Å². The number of rotatable bonds is 7. The van der Waals surface area contributed by atoms with Crippen molar-refractivity contribution < 1.29 is 4.79 Å². The molecule has 1 amide bonds. The first-order valence-electron chi connectivity index (χ1n) is 8.27. The summed E-state index contributed by atoms with van der Waals surface area (Å²) in [6, 6.07) is 1.46. The fourth-order valence-electron chi connectivity index (χ4n) is 3.07. The van der Waals surface area contributed by atoms with Crippen molar-refractivity contribution in [1.82, 2.24) is 25.4 Å². The molecule has 2 N–H and O–H groups in total. The van der Waals surface area contributed by atoms with E-state index in [2.05, 4.69) is 20.7 Å². The third-order valence-corrected chi connectivity index (χ3v) is 5.60. The molecule has 2 heterocycles. The normalized spacial score (nSPS) is 25.6. The zero-order valence-electron chi connectivity index (χ0n) is 12.9. The molecule has 122 valence electrons. The second kappa shape index (κ2) is 7.97. The molecule has 1 aromatic rings. The maximum Gasteiger partial charge on any atom is 0.220 e. The van der Waals surface area contributed by atoms with Gasteiger partial charge in [-0.2, -0.15) is 16.9 Å². The van der Waals surface area contributed by atoms with Crippen LogP contribution < -0.4 is 10.6 Å². The molecule has 6 nitrogen and oxygen atoms in total. The van der Waals surface area contributed by atoms with Gasteiger partial charge in [0.05, 0.1) is 0 Å². The van der Waals surface area contributed by atoms with E-state index < -0.39 is 0 Å². The molecule has 2 atom stereocenters. The molecular formula is C15H25N5OS. The highest BCUT2D eigenvalue weighted by Gasteiger charge is 2.33. The van der Waals surface area contributed by atoms with Gasteiger partial charge in [-0.15, -0.1) is 0 Å².